The number of imide groups is 3. The van der Waals surface area contributed by atoms with E-state index in [2.05, 4.69) is 21.5 Å². The third-order valence-corrected chi connectivity index (χ3v) is 10.9. The fraction of sp³-hybridized carbons (Fsp3) is 0.567. The molecule has 0 saturated carbocycles. The van der Waals surface area contributed by atoms with Gasteiger partial charge < -0.3 is 89.2 Å². The number of rotatable bonds is 40. The van der Waals surface area contributed by atoms with Crippen LogP contribution in [0.2, 0.25) is 0 Å². The Balaban J connectivity index is 0. The molecule has 0 spiro atoms. The van der Waals surface area contributed by atoms with Gasteiger partial charge in [0.1, 0.15) is 12.2 Å². The summed E-state index contributed by atoms with van der Waals surface area (Å²) in [5.41, 5.74) is 7.85. The second-order valence-corrected chi connectivity index (χ2v) is 17.4. The number of hydrogen-bond acceptors (Lipinski definition) is 24. The SMILES string of the molecule is C=CCOCCOCCN1C(=O)c2ccccc2C1=O.CCCOCCO.O=C1c2ccccc2C(=O)N1CCOCCO.OCCOCCO.[2H]OCC(O)COCCOCCN.[2H]OCC(O)COCCOCCN1C(=O)c2ccccc2C1=O.[3H]C.[3H]C. The van der Waals surface area contributed by atoms with Crippen LogP contribution in [0.5, 0.6) is 0 Å². The van der Waals surface area contributed by atoms with Crippen LogP contribution in [0.4, 0.5) is 0 Å². The van der Waals surface area contributed by atoms with E-state index in [1.165, 1.54) is 29.5 Å². The predicted molar refractivity (Wildman–Crippen MR) is 320 cm³/mol. The van der Waals surface area contributed by atoms with E-state index in [9.17, 15) is 33.9 Å². The van der Waals surface area contributed by atoms with Gasteiger partial charge in [0, 0.05) is 15.9 Å². The van der Waals surface area contributed by atoms with Gasteiger partial charge in [-0.2, -0.15) is 0 Å². The number of nitrogens with zero attached hydrogens (tertiary/aromatic N) is 3. The van der Waals surface area contributed by atoms with Crippen molar-refractivity contribution in [2.24, 2.45) is 5.73 Å². The second kappa shape index (κ2) is 54.3. The summed E-state index contributed by atoms with van der Waals surface area (Å²) >= 11 is 0. The summed E-state index contributed by atoms with van der Waals surface area (Å²) in [7, 11) is 2.50. The molecule has 87 heavy (non-hydrogen) atoms. The van der Waals surface area contributed by atoms with Crippen molar-refractivity contribution in [1.82, 2.24) is 14.7 Å². The van der Waals surface area contributed by atoms with Crippen molar-refractivity contribution in [3.63, 3.8) is 0 Å². The Hall–Kier alpha value is -5.90. The molecular formula is C60H96N4O23. The third-order valence-electron chi connectivity index (χ3n) is 10.9. The number of amides is 6. The highest BCUT2D eigenvalue weighted by Crippen LogP contribution is 2.24. The molecule has 0 saturated heterocycles. The van der Waals surface area contributed by atoms with E-state index in [0.717, 1.165) is 13.0 Å². The number of hydrogen-bond donors (Lipinski definition) is 9. The Morgan fingerprint density at radius 2 is 0.724 bits per heavy atom. The lowest BCUT2D eigenvalue weighted by Gasteiger charge is -2.14. The van der Waals surface area contributed by atoms with Gasteiger partial charge in [0.25, 0.3) is 35.4 Å². The molecule has 3 heterocycles. The molecule has 0 fully saturated rings. The smallest absolute Gasteiger partial charge is 0.261 e. The van der Waals surface area contributed by atoms with E-state index in [0.29, 0.717) is 106 Å². The van der Waals surface area contributed by atoms with Gasteiger partial charge in [-0.3, -0.25) is 43.5 Å². The van der Waals surface area contributed by atoms with E-state index < -0.39 is 12.2 Å². The summed E-state index contributed by atoms with van der Waals surface area (Å²) in [6.45, 7) is 13.1. The summed E-state index contributed by atoms with van der Waals surface area (Å²) in [5.74, 6) is -1.67. The quantitative estimate of drug-likeness (QED) is 0.0212. The largest absolute Gasteiger partial charge is 0.394 e. The van der Waals surface area contributed by atoms with Crippen LogP contribution in [-0.2, 0) is 42.6 Å². The molecule has 27 heteroatoms. The highest BCUT2D eigenvalue weighted by molar-refractivity contribution is 6.22. The first-order chi connectivity index (χ1) is 44.3. The van der Waals surface area contributed by atoms with Gasteiger partial charge in [-0.25, -0.2) is 0 Å². The molecule has 0 bridgehead atoms. The maximum absolute atomic E-state index is 12.1. The van der Waals surface area contributed by atoms with Crippen LogP contribution < -0.4 is 5.73 Å². The number of carbonyl (C=O) groups is 6. The zero-order valence-corrected chi connectivity index (χ0v) is 50.4. The third kappa shape index (κ3) is 33.9. The molecule has 6 rings (SSSR count). The van der Waals surface area contributed by atoms with Crippen LogP contribution in [0.25, 0.3) is 0 Å². The van der Waals surface area contributed by atoms with Crippen molar-refractivity contribution in [1.29, 1.82) is 2.86 Å². The Bertz CT molecular complexity index is 2250. The Kier molecular flexibility index (Phi) is 47.0. The molecule has 3 aliphatic heterocycles. The van der Waals surface area contributed by atoms with Crippen molar-refractivity contribution in [3.8, 4) is 0 Å². The minimum absolute atomic E-state index is 0.0278. The van der Waals surface area contributed by atoms with Gasteiger partial charge in [0.15, 0.2) is 0 Å². The average molecular weight is 1250 g/mol. The molecule has 3 aliphatic rings. The van der Waals surface area contributed by atoms with E-state index in [1.54, 1.807) is 78.9 Å². The van der Waals surface area contributed by atoms with E-state index in [4.69, 9.17) is 74.8 Å². The van der Waals surface area contributed by atoms with Crippen LogP contribution in [0.1, 0.15) is 93.0 Å². The second-order valence-electron chi connectivity index (χ2n) is 17.4. The molecule has 3 aromatic carbocycles. The van der Waals surface area contributed by atoms with Crippen molar-refractivity contribution >= 4 is 35.4 Å². The van der Waals surface area contributed by atoms with Crippen molar-refractivity contribution in [2.75, 3.05) is 185 Å². The zero-order chi connectivity index (χ0) is 68.3. The van der Waals surface area contributed by atoms with E-state index in [-0.39, 0.29) is 141 Å². The van der Waals surface area contributed by atoms with Crippen LogP contribution in [0.3, 0.4) is 0 Å². The highest BCUT2D eigenvalue weighted by Gasteiger charge is 2.36. The van der Waals surface area contributed by atoms with Crippen LogP contribution in [-0.4, -0.2) is 291 Å². The van der Waals surface area contributed by atoms with Crippen molar-refractivity contribution < 1.29 is 115 Å². The lowest BCUT2D eigenvalue weighted by molar-refractivity contribution is -0.0159. The zero-order valence-electron chi connectivity index (χ0n) is 54.4. The van der Waals surface area contributed by atoms with Crippen LogP contribution in [0.15, 0.2) is 85.5 Å². The molecular weight excluding hydrogens is 1140 g/mol. The summed E-state index contributed by atoms with van der Waals surface area (Å²) in [5, 5.41) is 59.1. The summed E-state index contributed by atoms with van der Waals surface area (Å²) < 4.78 is 69.8. The fourth-order valence-electron chi connectivity index (χ4n) is 6.95. The Morgan fingerprint density at radius 1 is 0.460 bits per heavy atom. The minimum atomic E-state index is -0.842. The molecule has 0 aliphatic carbocycles. The van der Waals surface area contributed by atoms with Crippen molar-refractivity contribution in [2.45, 2.75) is 40.4 Å². The fourth-order valence-corrected chi connectivity index (χ4v) is 6.95. The normalized spacial score (nSPS) is 13.6. The average Bonchev–Trinajstić information content (AvgIpc) is 1.68. The number of nitrogens with two attached hydrogens (primary N) is 1. The summed E-state index contributed by atoms with van der Waals surface area (Å²) in [6, 6.07) is 20.3. The summed E-state index contributed by atoms with van der Waals surface area (Å²) in [6.07, 6.45) is 1.11. The number of fused-ring (bicyclic) bond motifs is 3. The predicted octanol–water partition coefficient (Wildman–Crippen LogP) is 0.459. The number of aliphatic hydroxyl groups excluding tert-OH is 8. The molecule has 10 N–H and O–H groups in total. The Labute approximate surface area is 516 Å². The maximum atomic E-state index is 12.1. The highest BCUT2D eigenvalue weighted by atomic mass is 16.5. The van der Waals surface area contributed by atoms with Gasteiger partial charge in [0.05, 0.1) is 205 Å². The van der Waals surface area contributed by atoms with Crippen LogP contribution in [0, 0.1) is 0 Å². The number of benzene rings is 3. The molecule has 3 aromatic rings. The molecule has 2 atom stereocenters. The topological polar surface area (TPSA) is 383 Å². The molecule has 0 aromatic heterocycles. The van der Waals surface area contributed by atoms with Gasteiger partial charge in [-0.15, -0.1) is 6.58 Å². The van der Waals surface area contributed by atoms with Gasteiger partial charge >= 0.3 is 0 Å². The number of carbonyl (C=O) groups excluding carboxylic acids is 6. The first-order valence-electron chi connectivity index (χ1n) is 30.4. The molecule has 0 radical (unpaired) electrons. The van der Waals surface area contributed by atoms with Gasteiger partial charge in [-0.05, 0) is 42.8 Å². The lowest BCUT2D eigenvalue weighted by Crippen LogP contribution is -2.33. The first-order valence-corrected chi connectivity index (χ1v) is 27.6. The van der Waals surface area contributed by atoms with Gasteiger partial charge in [0.2, 0.25) is 2.86 Å². The number of ether oxygens (including phenoxy) is 9. The van der Waals surface area contributed by atoms with E-state index >= 15 is 0 Å². The summed E-state index contributed by atoms with van der Waals surface area (Å²) in [4.78, 5) is 75.5. The molecule has 27 nitrogen and oxygen atoms in total. The van der Waals surface area contributed by atoms with E-state index in [1.807, 2.05) is 6.92 Å². The minimum Gasteiger partial charge on any atom is -0.394 e. The van der Waals surface area contributed by atoms with Crippen molar-refractivity contribution in [3.05, 3.63) is 119 Å². The first kappa shape index (κ1) is 75.4. The molecule has 6 amide bonds. The van der Waals surface area contributed by atoms with Gasteiger partial charge in [-0.1, -0.05) is 64.2 Å². The molecule has 2 unspecified atom stereocenters. The number of aliphatic hydroxyl groups is 8. The van der Waals surface area contributed by atoms with Crippen LogP contribution >= 0.6 is 0 Å². The molecule has 494 valence electrons. The maximum Gasteiger partial charge on any atom is 0.261 e. The monoisotopic (exact) mass is 1250 g/mol. The Morgan fingerprint density at radius 3 is 1.00 bits per heavy atom. The lowest BCUT2D eigenvalue weighted by atomic mass is 10.1. The standard InChI is InChI=1S/C15H19NO6.C15H17NO4.C12H13NO4.C7H17NO4.C5H12O2.C4H10O3.2CH4/c17-9-11(18)10-22-8-7-21-6-5-16-14(19)12-3-1-2-4-13(12)15(16)20;1-2-8-19-10-11-20-9-7-16-14(17)12-5-3-4-6-13(12)15(16)18;14-6-8-17-7-5-13-11(15)9-3-1-2-4-10(9)12(13)16;8-1-2-11-3-4-12-6-7(10)5-9;1-2-4-7-5-3-6;5-1-3-7-4-2-6;;/h1-4,11,17-18H,5-10H2;2-6H,1,7-11H2;1-4,14H,5-8H2;7,9-10H,1-6,8H2;6H,2-5H2,1H3;5-6H,1-4H2;2*1H4/i17D;;;9D;;;2*1T.